The number of methoxy groups -OCH3 is 1. The molecule has 0 saturated carbocycles. The number of rotatable bonds is 7. The van der Waals surface area contributed by atoms with Gasteiger partial charge in [-0.2, -0.15) is 0 Å². The van der Waals surface area contributed by atoms with Crippen LogP contribution in [0, 0.1) is 0 Å². The van der Waals surface area contributed by atoms with Crippen LogP contribution in [0.3, 0.4) is 0 Å². The Morgan fingerprint density at radius 3 is 2.84 bits per heavy atom. The van der Waals surface area contributed by atoms with Crippen LogP contribution < -0.4 is 10.1 Å². The molecule has 102 valence electrons. The molecule has 1 aromatic heterocycles. The Morgan fingerprint density at radius 2 is 2.05 bits per heavy atom. The van der Waals surface area contributed by atoms with Crippen LogP contribution in [0.5, 0.6) is 5.75 Å². The molecule has 2 rings (SSSR count). The largest absolute Gasteiger partial charge is 0.497 e. The van der Waals surface area contributed by atoms with Crippen LogP contribution in [0.4, 0.5) is 0 Å². The van der Waals surface area contributed by atoms with Crippen LogP contribution >= 0.6 is 0 Å². The molecule has 0 bridgehead atoms. The second-order valence-electron chi connectivity index (χ2n) is 4.30. The van der Waals surface area contributed by atoms with Gasteiger partial charge in [0.2, 0.25) is 0 Å². The minimum absolute atomic E-state index is 0.473. The van der Waals surface area contributed by atoms with E-state index < -0.39 is 0 Å². The zero-order chi connectivity index (χ0) is 13.5. The van der Waals surface area contributed by atoms with E-state index in [0.29, 0.717) is 13.2 Å². The van der Waals surface area contributed by atoms with E-state index in [4.69, 9.17) is 13.9 Å². The van der Waals surface area contributed by atoms with Crippen molar-refractivity contribution in [3.63, 3.8) is 0 Å². The van der Waals surface area contributed by atoms with Gasteiger partial charge in [-0.05, 0) is 30.8 Å². The lowest BCUT2D eigenvalue weighted by Gasteiger charge is -2.04. The minimum Gasteiger partial charge on any atom is -0.497 e. The van der Waals surface area contributed by atoms with Crippen LogP contribution in [0.15, 0.2) is 41.0 Å². The number of benzene rings is 1. The summed E-state index contributed by atoms with van der Waals surface area (Å²) < 4.78 is 16.2. The zero-order valence-corrected chi connectivity index (χ0v) is 11.3. The van der Waals surface area contributed by atoms with Crippen molar-refractivity contribution in [2.75, 3.05) is 14.2 Å². The molecule has 2 aromatic rings. The van der Waals surface area contributed by atoms with Crippen LogP contribution in [0.25, 0.3) is 0 Å². The second-order valence-corrected chi connectivity index (χ2v) is 4.30. The maximum Gasteiger partial charge on any atom is 0.129 e. The lowest BCUT2D eigenvalue weighted by Crippen LogP contribution is -2.03. The van der Waals surface area contributed by atoms with Crippen molar-refractivity contribution in [3.05, 3.63) is 53.5 Å². The molecule has 0 saturated heterocycles. The first kappa shape index (κ1) is 13.6. The van der Waals surface area contributed by atoms with Gasteiger partial charge in [-0.15, -0.1) is 0 Å². The molecule has 0 spiro atoms. The molecule has 4 nitrogen and oxygen atoms in total. The third kappa shape index (κ3) is 4.12. The van der Waals surface area contributed by atoms with Gasteiger partial charge in [-0.25, -0.2) is 0 Å². The summed E-state index contributed by atoms with van der Waals surface area (Å²) in [6.45, 7) is 1.82. The highest BCUT2D eigenvalue weighted by molar-refractivity contribution is 5.27. The van der Waals surface area contributed by atoms with E-state index in [-0.39, 0.29) is 0 Å². The molecule has 1 aromatic carbocycles. The smallest absolute Gasteiger partial charge is 0.129 e. The molecule has 0 amide bonds. The normalized spacial score (nSPS) is 10.6. The molecule has 0 aliphatic carbocycles. The van der Waals surface area contributed by atoms with E-state index in [1.165, 1.54) is 0 Å². The van der Waals surface area contributed by atoms with Gasteiger partial charge in [0.05, 0.1) is 20.0 Å². The third-order valence-corrected chi connectivity index (χ3v) is 2.74. The Morgan fingerprint density at radius 1 is 1.16 bits per heavy atom. The lowest BCUT2D eigenvalue weighted by atomic mass is 10.2. The molecule has 0 radical (unpaired) electrons. The van der Waals surface area contributed by atoms with Crippen molar-refractivity contribution in [3.8, 4) is 5.75 Å². The summed E-state index contributed by atoms with van der Waals surface area (Å²) in [5.74, 6) is 1.68. The monoisotopic (exact) mass is 261 g/mol. The van der Waals surface area contributed by atoms with E-state index in [2.05, 4.69) is 5.32 Å². The maximum atomic E-state index is 5.63. The molecule has 0 aliphatic heterocycles. The van der Waals surface area contributed by atoms with E-state index in [1.807, 2.05) is 37.4 Å². The van der Waals surface area contributed by atoms with Gasteiger partial charge >= 0.3 is 0 Å². The van der Waals surface area contributed by atoms with Crippen molar-refractivity contribution >= 4 is 0 Å². The van der Waals surface area contributed by atoms with Crippen molar-refractivity contribution in [2.24, 2.45) is 0 Å². The highest BCUT2D eigenvalue weighted by Crippen LogP contribution is 2.14. The fourth-order valence-corrected chi connectivity index (χ4v) is 1.83. The Bertz CT molecular complexity index is 508. The van der Waals surface area contributed by atoms with E-state index in [0.717, 1.165) is 29.2 Å². The standard InChI is InChI=1S/C15H19NO3/c1-16-8-13-7-15(19-10-13)11-18-9-12-4-3-5-14(6-12)17-2/h3-7,10,16H,8-9,11H2,1-2H3. The van der Waals surface area contributed by atoms with Crippen molar-refractivity contribution < 1.29 is 13.9 Å². The number of ether oxygens (including phenoxy) is 2. The second kappa shape index (κ2) is 6.97. The number of furan rings is 1. The first-order valence-corrected chi connectivity index (χ1v) is 6.23. The molecule has 0 atom stereocenters. The molecule has 1 N–H and O–H groups in total. The van der Waals surface area contributed by atoms with Crippen molar-refractivity contribution in [1.82, 2.24) is 5.32 Å². The maximum absolute atomic E-state index is 5.63. The van der Waals surface area contributed by atoms with Gasteiger partial charge in [-0.3, -0.25) is 0 Å². The fraction of sp³-hybridized carbons (Fsp3) is 0.333. The Balaban J connectivity index is 1.81. The zero-order valence-electron chi connectivity index (χ0n) is 11.3. The van der Waals surface area contributed by atoms with Gasteiger partial charge in [-0.1, -0.05) is 12.1 Å². The minimum atomic E-state index is 0.473. The van der Waals surface area contributed by atoms with Gasteiger partial charge < -0.3 is 19.2 Å². The summed E-state index contributed by atoms with van der Waals surface area (Å²) in [7, 11) is 3.57. The Hall–Kier alpha value is -1.78. The third-order valence-electron chi connectivity index (χ3n) is 2.74. The van der Waals surface area contributed by atoms with Crippen LogP contribution in [0.2, 0.25) is 0 Å². The summed E-state index contributed by atoms with van der Waals surface area (Å²) in [4.78, 5) is 0. The van der Waals surface area contributed by atoms with Crippen molar-refractivity contribution in [1.29, 1.82) is 0 Å². The summed E-state index contributed by atoms with van der Waals surface area (Å²) >= 11 is 0. The lowest BCUT2D eigenvalue weighted by molar-refractivity contribution is 0.0928. The highest BCUT2D eigenvalue weighted by Gasteiger charge is 2.02. The number of nitrogens with one attached hydrogen (secondary N) is 1. The quantitative estimate of drug-likeness (QED) is 0.832. The number of hydrogen-bond donors (Lipinski definition) is 1. The topological polar surface area (TPSA) is 43.6 Å². The molecular formula is C15H19NO3. The average molecular weight is 261 g/mol. The van der Waals surface area contributed by atoms with E-state index >= 15 is 0 Å². The van der Waals surface area contributed by atoms with E-state index in [9.17, 15) is 0 Å². The fourth-order valence-electron chi connectivity index (χ4n) is 1.83. The Labute approximate surface area is 113 Å². The molecule has 0 fully saturated rings. The van der Waals surface area contributed by atoms with Gasteiger partial charge in [0.15, 0.2) is 0 Å². The SMILES string of the molecule is CNCc1coc(COCc2cccc(OC)c2)c1. The van der Waals surface area contributed by atoms with Crippen molar-refractivity contribution in [2.45, 2.75) is 19.8 Å². The van der Waals surface area contributed by atoms with E-state index in [1.54, 1.807) is 13.4 Å². The molecule has 4 heteroatoms. The average Bonchev–Trinajstić information content (AvgIpc) is 2.87. The molecule has 0 unspecified atom stereocenters. The van der Waals surface area contributed by atoms with Gasteiger partial charge in [0.25, 0.3) is 0 Å². The summed E-state index contributed by atoms with van der Waals surface area (Å²) in [6, 6.07) is 9.85. The molecule has 19 heavy (non-hydrogen) atoms. The first-order chi connectivity index (χ1) is 9.31. The summed E-state index contributed by atoms with van der Waals surface area (Å²) in [6.07, 6.45) is 1.75. The van der Waals surface area contributed by atoms with Crippen LogP contribution in [-0.2, 0) is 24.5 Å². The summed E-state index contributed by atoms with van der Waals surface area (Å²) in [5.41, 5.74) is 2.21. The molecular weight excluding hydrogens is 242 g/mol. The van der Waals surface area contributed by atoms with Crippen LogP contribution in [0.1, 0.15) is 16.9 Å². The predicted molar refractivity (Wildman–Crippen MR) is 73.0 cm³/mol. The first-order valence-electron chi connectivity index (χ1n) is 6.23. The number of hydrogen-bond acceptors (Lipinski definition) is 4. The highest BCUT2D eigenvalue weighted by atomic mass is 16.5. The summed E-state index contributed by atoms with van der Waals surface area (Å²) in [5, 5.41) is 3.08. The van der Waals surface area contributed by atoms with Gasteiger partial charge in [0.1, 0.15) is 18.1 Å². The van der Waals surface area contributed by atoms with Gasteiger partial charge in [0, 0.05) is 12.1 Å². The molecule has 0 aliphatic rings. The predicted octanol–water partition coefficient (Wildman–Crippen LogP) is 2.72. The Kier molecular flexibility index (Phi) is 5.01. The molecule has 1 heterocycles. The van der Waals surface area contributed by atoms with Crippen LogP contribution in [-0.4, -0.2) is 14.2 Å².